The first-order valence-corrected chi connectivity index (χ1v) is 5.37. The number of nitrogens with zero attached hydrogens (tertiary/aromatic N) is 3. The van der Waals surface area contributed by atoms with Gasteiger partial charge in [0.2, 0.25) is 5.89 Å². The van der Waals surface area contributed by atoms with Crippen molar-refractivity contribution in [3.63, 3.8) is 0 Å². The minimum absolute atomic E-state index is 0.460. The summed E-state index contributed by atoms with van der Waals surface area (Å²) in [7, 11) is 1.83. The monoisotopic (exact) mass is 248 g/mol. The largest absolute Gasteiger partial charge is 0.435 e. The first-order chi connectivity index (χ1) is 8.13. The fraction of sp³-hybridized carbons (Fsp3) is 0.0909. The van der Waals surface area contributed by atoms with Crippen molar-refractivity contribution in [2.45, 2.75) is 0 Å². The summed E-state index contributed by atoms with van der Waals surface area (Å²) in [5.41, 5.74) is 8.13. The summed E-state index contributed by atoms with van der Waals surface area (Å²) in [6.45, 7) is 0. The maximum absolute atomic E-state index is 5.92. The summed E-state index contributed by atoms with van der Waals surface area (Å²) in [4.78, 5) is 4.32. The van der Waals surface area contributed by atoms with Crippen molar-refractivity contribution in [1.29, 1.82) is 0 Å². The van der Waals surface area contributed by atoms with Crippen LogP contribution in [-0.4, -0.2) is 14.8 Å². The number of hydrogen-bond donors (Lipinski definition) is 1. The van der Waals surface area contributed by atoms with Crippen molar-refractivity contribution in [3.8, 4) is 11.6 Å². The zero-order valence-electron chi connectivity index (χ0n) is 9.01. The van der Waals surface area contributed by atoms with E-state index in [0.717, 1.165) is 0 Å². The van der Waals surface area contributed by atoms with Gasteiger partial charge in [-0.2, -0.15) is 5.10 Å². The molecule has 0 unspecified atom stereocenters. The van der Waals surface area contributed by atoms with Crippen LogP contribution < -0.4 is 5.73 Å². The Morgan fingerprint density at radius 3 is 2.94 bits per heavy atom. The second-order valence-electron chi connectivity index (χ2n) is 3.74. The number of benzene rings is 1. The van der Waals surface area contributed by atoms with E-state index in [-0.39, 0.29) is 0 Å². The van der Waals surface area contributed by atoms with Gasteiger partial charge in [-0.1, -0.05) is 11.6 Å². The number of fused-ring (bicyclic) bond motifs is 1. The third-order valence-electron chi connectivity index (χ3n) is 2.44. The van der Waals surface area contributed by atoms with E-state index >= 15 is 0 Å². The van der Waals surface area contributed by atoms with E-state index in [1.807, 2.05) is 19.3 Å². The normalized spacial score (nSPS) is 11.2. The Morgan fingerprint density at radius 2 is 2.24 bits per heavy atom. The van der Waals surface area contributed by atoms with Crippen molar-refractivity contribution in [2.75, 3.05) is 5.73 Å². The molecular formula is C11H9ClN4O. The van der Waals surface area contributed by atoms with E-state index in [0.29, 0.717) is 33.4 Å². The third-order valence-corrected chi connectivity index (χ3v) is 2.77. The Labute approximate surface area is 102 Å². The van der Waals surface area contributed by atoms with Crippen molar-refractivity contribution < 1.29 is 4.42 Å². The number of oxazole rings is 1. The molecule has 0 radical (unpaired) electrons. The van der Waals surface area contributed by atoms with Crippen molar-refractivity contribution >= 4 is 28.4 Å². The smallest absolute Gasteiger partial charge is 0.248 e. The molecular weight excluding hydrogens is 240 g/mol. The Morgan fingerprint density at radius 1 is 1.41 bits per heavy atom. The number of nitrogen functional groups attached to an aromatic ring is 1. The number of aromatic nitrogens is 3. The molecule has 6 heteroatoms. The van der Waals surface area contributed by atoms with Gasteiger partial charge in [0.15, 0.2) is 5.58 Å². The van der Waals surface area contributed by atoms with Gasteiger partial charge >= 0.3 is 0 Å². The van der Waals surface area contributed by atoms with Gasteiger partial charge in [-0.15, -0.1) is 0 Å². The molecule has 17 heavy (non-hydrogen) atoms. The summed E-state index contributed by atoms with van der Waals surface area (Å²) in [5.74, 6) is 0.460. The van der Waals surface area contributed by atoms with Crippen LogP contribution in [0.3, 0.4) is 0 Å². The van der Waals surface area contributed by atoms with E-state index in [1.54, 1.807) is 16.8 Å². The minimum Gasteiger partial charge on any atom is -0.435 e. The van der Waals surface area contributed by atoms with Gasteiger partial charge in [0.1, 0.15) is 11.2 Å². The number of halogens is 1. The SMILES string of the molecule is Cn1ccc(-c2nc3cc(Cl)c(N)cc3o2)n1. The van der Waals surface area contributed by atoms with Crippen molar-refractivity contribution in [2.24, 2.45) is 7.05 Å². The molecule has 2 heterocycles. The molecule has 2 aromatic heterocycles. The summed E-state index contributed by atoms with van der Waals surface area (Å²) in [6, 6.07) is 5.18. The highest BCUT2D eigenvalue weighted by molar-refractivity contribution is 6.33. The quantitative estimate of drug-likeness (QED) is 0.672. The Bertz CT molecular complexity index is 662. The number of rotatable bonds is 1. The molecule has 0 saturated carbocycles. The molecule has 0 bridgehead atoms. The highest BCUT2D eigenvalue weighted by Gasteiger charge is 2.12. The molecule has 5 nitrogen and oxygen atoms in total. The molecule has 3 rings (SSSR count). The van der Waals surface area contributed by atoms with Gasteiger partial charge in [-0.25, -0.2) is 4.98 Å². The molecule has 0 fully saturated rings. The van der Waals surface area contributed by atoms with Crippen LogP contribution in [-0.2, 0) is 7.05 Å². The molecule has 0 aliphatic carbocycles. The zero-order valence-corrected chi connectivity index (χ0v) is 9.77. The van der Waals surface area contributed by atoms with Gasteiger partial charge in [0, 0.05) is 19.3 Å². The standard InChI is InChI=1S/C11H9ClN4O/c1-16-3-2-8(15-16)11-14-9-4-6(12)7(13)5-10(9)17-11/h2-5H,13H2,1H3. The minimum atomic E-state index is 0.460. The number of hydrogen-bond acceptors (Lipinski definition) is 4. The molecule has 0 atom stereocenters. The number of aryl methyl sites for hydroxylation is 1. The summed E-state index contributed by atoms with van der Waals surface area (Å²) in [6.07, 6.45) is 1.82. The van der Waals surface area contributed by atoms with Gasteiger partial charge in [0.25, 0.3) is 0 Å². The molecule has 0 saturated heterocycles. The lowest BCUT2D eigenvalue weighted by Gasteiger charge is -1.94. The Balaban J connectivity index is 2.19. The number of nitrogens with two attached hydrogens (primary N) is 1. The topological polar surface area (TPSA) is 69.9 Å². The third kappa shape index (κ3) is 1.64. The van der Waals surface area contributed by atoms with Gasteiger partial charge < -0.3 is 10.2 Å². The average Bonchev–Trinajstić information content (AvgIpc) is 2.85. The Kier molecular flexibility index (Phi) is 2.09. The van der Waals surface area contributed by atoms with Crippen molar-refractivity contribution in [1.82, 2.24) is 14.8 Å². The molecule has 2 N–H and O–H groups in total. The van der Waals surface area contributed by atoms with Crippen LogP contribution in [0.15, 0.2) is 28.8 Å². The van der Waals surface area contributed by atoms with Crippen molar-refractivity contribution in [3.05, 3.63) is 29.4 Å². The lowest BCUT2D eigenvalue weighted by Crippen LogP contribution is -1.87. The Hall–Kier alpha value is -2.01. The van der Waals surface area contributed by atoms with Crippen LogP contribution in [0.4, 0.5) is 5.69 Å². The van der Waals surface area contributed by atoms with Gasteiger partial charge in [-0.05, 0) is 12.1 Å². The van der Waals surface area contributed by atoms with E-state index in [2.05, 4.69) is 10.1 Å². The highest BCUT2D eigenvalue weighted by Crippen LogP contribution is 2.28. The lowest BCUT2D eigenvalue weighted by atomic mass is 10.3. The maximum atomic E-state index is 5.92. The maximum Gasteiger partial charge on any atom is 0.248 e. The zero-order chi connectivity index (χ0) is 12.0. The summed E-state index contributed by atoms with van der Waals surface area (Å²) < 4.78 is 7.26. The first-order valence-electron chi connectivity index (χ1n) is 4.99. The second kappa shape index (κ2) is 3.49. The van der Waals surface area contributed by atoms with E-state index in [4.69, 9.17) is 21.8 Å². The molecule has 0 aliphatic rings. The predicted molar refractivity (Wildman–Crippen MR) is 65.6 cm³/mol. The first kappa shape index (κ1) is 10.2. The molecule has 0 aliphatic heterocycles. The average molecular weight is 249 g/mol. The van der Waals surface area contributed by atoms with E-state index in [9.17, 15) is 0 Å². The summed E-state index contributed by atoms with van der Waals surface area (Å²) in [5, 5.41) is 4.69. The van der Waals surface area contributed by atoms with E-state index in [1.165, 1.54) is 0 Å². The summed E-state index contributed by atoms with van der Waals surface area (Å²) >= 11 is 5.92. The molecule has 1 aromatic carbocycles. The number of anilines is 1. The molecule has 0 spiro atoms. The molecule has 3 aromatic rings. The van der Waals surface area contributed by atoms with Crippen LogP contribution in [0.1, 0.15) is 0 Å². The molecule has 86 valence electrons. The van der Waals surface area contributed by atoms with Crippen LogP contribution in [0, 0.1) is 0 Å². The van der Waals surface area contributed by atoms with Crippen LogP contribution in [0.25, 0.3) is 22.7 Å². The van der Waals surface area contributed by atoms with Crippen LogP contribution >= 0.6 is 11.6 Å². The fourth-order valence-corrected chi connectivity index (χ4v) is 1.76. The van der Waals surface area contributed by atoms with E-state index < -0.39 is 0 Å². The van der Waals surface area contributed by atoms with Crippen LogP contribution in [0.2, 0.25) is 5.02 Å². The van der Waals surface area contributed by atoms with Gasteiger partial charge in [-0.3, -0.25) is 4.68 Å². The fourth-order valence-electron chi connectivity index (χ4n) is 1.60. The molecule has 0 amide bonds. The highest BCUT2D eigenvalue weighted by atomic mass is 35.5. The van der Waals surface area contributed by atoms with Crippen LogP contribution in [0.5, 0.6) is 0 Å². The van der Waals surface area contributed by atoms with Gasteiger partial charge in [0.05, 0.1) is 10.7 Å². The lowest BCUT2D eigenvalue weighted by molar-refractivity contribution is 0.613. The predicted octanol–water partition coefficient (Wildman–Crippen LogP) is 2.46. The second-order valence-corrected chi connectivity index (χ2v) is 4.14.